The summed E-state index contributed by atoms with van der Waals surface area (Å²) >= 11 is 0. The third kappa shape index (κ3) is 2.03. The monoisotopic (exact) mass is 208 g/mol. The second-order valence-electron chi connectivity index (χ2n) is 3.39. The number of benzene rings is 1. The van der Waals surface area contributed by atoms with Gasteiger partial charge in [-0.2, -0.15) is 0 Å². The third-order valence-corrected chi connectivity index (χ3v) is 2.23. The number of carbonyl (C=O) groups excluding carboxylic acids is 1. The van der Waals surface area contributed by atoms with Crippen molar-refractivity contribution in [2.24, 2.45) is 0 Å². The molecule has 1 aromatic rings. The van der Waals surface area contributed by atoms with Crippen LogP contribution in [-0.4, -0.2) is 18.7 Å². The van der Waals surface area contributed by atoms with Gasteiger partial charge in [0.1, 0.15) is 5.75 Å². The predicted octanol–water partition coefficient (Wildman–Crippen LogP) is 1.77. The van der Waals surface area contributed by atoms with Crippen LogP contribution < -0.4 is 14.2 Å². The van der Waals surface area contributed by atoms with Crippen LogP contribution in [0.5, 0.6) is 17.2 Å². The van der Waals surface area contributed by atoms with E-state index in [0.29, 0.717) is 17.2 Å². The molecule has 0 amide bonds. The molecule has 0 radical (unpaired) electrons. The summed E-state index contributed by atoms with van der Waals surface area (Å²) in [5.41, 5.74) is 0. The van der Waals surface area contributed by atoms with Gasteiger partial charge < -0.3 is 14.2 Å². The first-order valence-electron chi connectivity index (χ1n) is 4.73. The van der Waals surface area contributed by atoms with Crippen molar-refractivity contribution in [1.82, 2.24) is 0 Å². The number of fused-ring (bicyclic) bond motifs is 1. The summed E-state index contributed by atoms with van der Waals surface area (Å²) in [7, 11) is 0. The molecule has 0 aromatic heterocycles. The van der Waals surface area contributed by atoms with Crippen LogP contribution in [0.1, 0.15) is 13.8 Å². The van der Waals surface area contributed by atoms with Gasteiger partial charge in [0.2, 0.25) is 6.79 Å². The van der Waals surface area contributed by atoms with Gasteiger partial charge in [-0.05, 0) is 26.0 Å². The average Bonchev–Trinajstić information content (AvgIpc) is 2.64. The van der Waals surface area contributed by atoms with E-state index in [1.165, 1.54) is 6.92 Å². The summed E-state index contributed by atoms with van der Waals surface area (Å²) in [6, 6.07) is 5.25. The topological polar surface area (TPSA) is 44.8 Å². The Bertz CT molecular complexity index is 386. The van der Waals surface area contributed by atoms with E-state index < -0.39 is 6.10 Å². The Morgan fingerprint density at radius 2 is 2.13 bits per heavy atom. The van der Waals surface area contributed by atoms with Gasteiger partial charge in [-0.15, -0.1) is 0 Å². The smallest absolute Gasteiger partial charge is 0.231 e. The molecule has 1 heterocycles. The van der Waals surface area contributed by atoms with E-state index >= 15 is 0 Å². The molecule has 80 valence electrons. The summed E-state index contributed by atoms with van der Waals surface area (Å²) in [5, 5.41) is 0. The number of ketones is 1. The molecule has 2 rings (SSSR count). The average molecular weight is 208 g/mol. The van der Waals surface area contributed by atoms with Crippen LogP contribution in [0.3, 0.4) is 0 Å². The van der Waals surface area contributed by atoms with Crippen LogP contribution in [0.4, 0.5) is 0 Å². The fourth-order valence-electron chi connectivity index (χ4n) is 1.24. The Hall–Kier alpha value is -1.71. The Balaban J connectivity index is 2.13. The standard InChI is InChI=1S/C11H12O4/c1-7(12)8(2)15-9-3-4-10-11(5-9)14-6-13-10/h3-5,8H,6H2,1-2H3/t8-/m0/s1. The molecule has 1 aromatic carbocycles. The van der Waals surface area contributed by atoms with Crippen molar-refractivity contribution in [3.8, 4) is 17.2 Å². The van der Waals surface area contributed by atoms with Crippen molar-refractivity contribution in [1.29, 1.82) is 0 Å². The molecule has 0 N–H and O–H groups in total. The molecule has 1 aliphatic rings. The molecule has 4 nitrogen and oxygen atoms in total. The number of ether oxygens (including phenoxy) is 3. The molecule has 0 saturated heterocycles. The minimum Gasteiger partial charge on any atom is -0.483 e. The number of rotatable bonds is 3. The number of Topliss-reactive ketones (excluding diaryl/α,β-unsaturated/α-hetero) is 1. The molecular weight excluding hydrogens is 196 g/mol. The van der Waals surface area contributed by atoms with Crippen molar-refractivity contribution in [3.63, 3.8) is 0 Å². The van der Waals surface area contributed by atoms with Gasteiger partial charge in [0, 0.05) is 6.07 Å². The Labute approximate surface area is 87.8 Å². The zero-order chi connectivity index (χ0) is 10.8. The lowest BCUT2D eigenvalue weighted by Gasteiger charge is -2.11. The number of carbonyl (C=O) groups is 1. The van der Waals surface area contributed by atoms with Gasteiger partial charge >= 0.3 is 0 Å². The summed E-state index contributed by atoms with van der Waals surface area (Å²) in [5.74, 6) is 1.97. The van der Waals surface area contributed by atoms with Crippen LogP contribution >= 0.6 is 0 Å². The Morgan fingerprint density at radius 1 is 1.40 bits per heavy atom. The number of hydrogen-bond donors (Lipinski definition) is 0. The summed E-state index contributed by atoms with van der Waals surface area (Å²) in [4.78, 5) is 11.0. The largest absolute Gasteiger partial charge is 0.483 e. The predicted molar refractivity (Wildman–Crippen MR) is 53.3 cm³/mol. The van der Waals surface area contributed by atoms with E-state index in [2.05, 4.69) is 0 Å². The summed E-state index contributed by atoms with van der Waals surface area (Å²) < 4.78 is 15.8. The molecule has 0 bridgehead atoms. The zero-order valence-corrected chi connectivity index (χ0v) is 8.65. The fourth-order valence-corrected chi connectivity index (χ4v) is 1.24. The Kier molecular flexibility index (Phi) is 2.49. The second-order valence-corrected chi connectivity index (χ2v) is 3.39. The lowest BCUT2D eigenvalue weighted by Crippen LogP contribution is -2.20. The van der Waals surface area contributed by atoms with Gasteiger partial charge in [-0.25, -0.2) is 0 Å². The first-order valence-corrected chi connectivity index (χ1v) is 4.73. The molecule has 0 aliphatic carbocycles. The lowest BCUT2D eigenvalue weighted by atomic mass is 10.2. The Morgan fingerprint density at radius 3 is 2.87 bits per heavy atom. The van der Waals surface area contributed by atoms with E-state index in [0.717, 1.165) is 0 Å². The fraction of sp³-hybridized carbons (Fsp3) is 0.364. The zero-order valence-electron chi connectivity index (χ0n) is 8.65. The first-order chi connectivity index (χ1) is 7.16. The van der Waals surface area contributed by atoms with Gasteiger partial charge in [0.25, 0.3) is 0 Å². The highest BCUT2D eigenvalue weighted by atomic mass is 16.7. The highest BCUT2D eigenvalue weighted by Gasteiger charge is 2.15. The van der Waals surface area contributed by atoms with Crippen LogP contribution in [0, 0.1) is 0 Å². The van der Waals surface area contributed by atoms with Crippen LogP contribution in [0.15, 0.2) is 18.2 Å². The van der Waals surface area contributed by atoms with Crippen molar-refractivity contribution in [3.05, 3.63) is 18.2 Å². The minimum absolute atomic E-state index is 0.00679. The normalized spacial score (nSPS) is 14.8. The first kappa shape index (κ1) is 9.83. The maximum Gasteiger partial charge on any atom is 0.231 e. The van der Waals surface area contributed by atoms with Gasteiger partial charge in [0.05, 0.1) is 0 Å². The van der Waals surface area contributed by atoms with Crippen molar-refractivity contribution >= 4 is 5.78 Å². The quantitative estimate of drug-likeness (QED) is 0.759. The summed E-state index contributed by atoms with van der Waals surface area (Å²) in [6.45, 7) is 3.45. The molecule has 1 aliphatic heterocycles. The maximum absolute atomic E-state index is 11.0. The van der Waals surface area contributed by atoms with E-state index in [4.69, 9.17) is 14.2 Å². The van der Waals surface area contributed by atoms with E-state index in [-0.39, 0.29) is 12.6 Å². The molecular formula is C11H12O4. The van der Waals surface area contributed by atoms with E-state index in [1.807, 2.05) is 0 Å². The van der Waals surface area contributed by atoms with Gasteiger partial charge in [-0.1, -0.05) is 0 Å². The molecule has 1 atom stereocenters. The van der Waals surface area contributed by atoms with Crippen LogP contribution in [0.2, 0.25) is 0 Å². The SMILES string of the molecule is CC(=O)[C@H](C)Oc1ccc2c(c1)OCO2. The molecule has 4 heteroatoms. The highest BCUT2D eigenvalue weighted by molar-refractivity contribution is 5.80. The van der Waals surface area contributed by atoms with E-state index in [9.17, 15) is 4.79 Å². The van der Waals surface area contributed by atoms with E-state index in [1.54, 1.807) is 25.1 Å². The van der Waals surface area contributed by atoms with Crippen molar-refractivity contribution < 1.29 is 19.0 Å². The van der Waals surface area contributed by atoms with Crippen LogP contribution in [0.25, 0.3) is 0 Å². The minimum atomic E-state index is -0.439. The van der Waals surface area contributed by atoms with Gasteiger partial charge in [0.15, 0.2) is 23.4 Å². The van der Waals surface area contributed by atoms with Crippen molar-refractivity contribution in [2.75, 3.05) is 6.79 Å². The molecule has 0 unspecified atom stereocenters. The van der Waals surface area contributed by atoms with Gasteiger partial charge in [-0.3, -0.25) is 4.79 Å². The molecule has 15 heavy (non-hydrogen) atoms. The molecule has 0 fully saturated rings. The van der Waals surface area contributed by atoms with Crippen molar-refractivity contribution in [2.45, 2.75) is 20.0 Å². The highest BCUT2D eigenvalue weighted by Crippen LogP contribution is 2.35. The second kappa shape index (κ2) is 3.81. The molecule has 0 spiro atoms. The summed E-state index contributed by atoms with van der Waals surface area (Å²) in [6.07, 6.45) is -0.439. The van der Waals surface area contributed by atoms with Crippen LogP contribution in [-0.2, 0) is 4.79 Å². The third-order valence-electron chi connectivity index (χ3n) is 2.23. The lowest BCUT2D eigenvalue weighted by molar-refractivity contribution is -0.122. The number of hydrogen-bond acceptors (Lipinski definition) is 4. The molecule has 0 saturated carbocycles. The maximum atomic E-state index is 11.0.